The first-order valence-electron chi connectivity index (χ1n) is 4.53. The average Bonchev–Trinajstić information content (AvgIpc) is 2.27. The third-order valence-corrected chi connectivity index (χ3v) is 4.40. The lowest BCUT2D eigenvalue weighted by molar-refractivity contribution is 1.39. The summed E-state index contributed by atoms with van der Waals surface area (Å²) < 4.78 is 0.910. The fourth-order valence-corrected chi connectivity index (χ4v) is 2.81. The van der Waals surface area contributed by atoms with Gasteiger partial charge in [0, 0.05) is 19.3 Å². The van der Waals surface area contributed by atoms with Crippen LogP contribution in [-0.4, -0.2) is 0 Å². The number of benzene rings is 2. The van der Waals surface area contributed by atoms with E-state index in [1.807, 2.05) is 42.5 Å². The van der Waals surface area contributed by atoms with Gasteiger partial charge in [-0.2, -0.15) is 0 Å². The molecule has 82 valence electrons. The Kier molecular flexibility index (Phi) is 4.20. The van der Waals surface area contributed by atoms with Crippen molar-refractivity contribution in [2.75, 3.05) is 0 Å². The molecule has 0 unspecified atom stereocenters. The average molecular weight is 334 g/mol. The van der Waals surface area contributed by atoms with Crippen molar-refractivity contribution >= 4 is 50.9 Å². The van der Waals surface area contributed by atoms with Gasteiger partial charge in [0.2, 0.25) is 0 Å². The van der Waals surface area contributed by atoms with Crippen molar-refractivity contribution in [3.05, 3.63) is 57.0 Å². The highest BCUT2D eigenvalue weighted by Crippen LogP contribution is 2.33. The van der Waals surface area contributed by atoms with Gasteiger partial charge in [-0.3, -0.25) is 0 Å². The van der Waals surface area contributed by atoms with Gasteiger partial charge in [-0.25, -0.2) is 0 Å². The van der Waals surface area contributed by atoms with Gasteiger partial charge in [-0.05, 0) is 58.4 Å². The van der Waals surface area contributed by atoms with E-state index in [0.717, 1.165) is 24.3 Å². The molecule has 0 nitrogen and oxygen atoms in total. The van der Waals surface area contributed by atoms with Crippen LogP contribution in [0.3, 0.4) is 0 Å². The topological polar surface area (TPSA) is 0 Å². The van der Waals surface area contributed by atoms with Crippen LogP contribution in [0.1, 0.15) is 0 Å². The molecule has 2 aromatic rings. The van der Waals surface area contributed by atoms with Crippen LogP contribution >= 0.6 is 50.9 Å². The minimum Gasteiger partial charge on any atom is -0.0901 e. The maximum Gasteiger partial charge on any atom is 0.0548 e. The molecule has 0 atom stereocenters. The highest BCUT2D eigenvalue weighted by molar-refractivity contribution is 9.10. The molecule has 0 N–H and O–H groups in total. The molecule has 0 heterocycles. The van der Waals surface area contributed by atoms with E-state index >= 15 is 0 Å². The molecular formula is C12H7BrCl2S. The fraction of sp³-hybridized carbons (Fsp3) is 0. The molecule has 0 aliphatic carbocycles. The van der Waals surface area contributed by atoms with E-state index in [4.69, 9.17) is 23.2 Å². The zero-order valence-electron chi connectivity index (χ0n) is 8.08. The summed E-state index contributed by atoms with van der Waals surface area (Å²) in [6, 6.07) is 13.6. The van der Waals surface area contributed by atoms with E-state index in [1.54, 1.807) is 11.8 Å². The van der Waals surface area contributed by atoms with Crippen LogP contribution in [0.25, 0.3) is 0 Å². The van der Waals surface area contributed by atoms with Crippen LogP contribution in [-0.2, 0) is 0 Å². The Balaban J connectivity index is 2.20. The van der Waals surface area contributed by atoms with Crippen molar-refractivity contribution < 1.29 is 0 Å². The van der Waals surface area contributed by atoms with Crippen LogP contribution in [0.15, 0.2) is 56.7 Å². The van der Waals surface area contributed by atoms with Crippen molar-refractivity contribution in [3.8, 4) is 0 Å². The Morgan fingerprint density at radius 3 is 2.12 bits per heavy atom. The summed E-state index contributed by atoms with van der Waals surface area (Å²) in [5, 5.41) is 1.47. The van der Waals surface area contributed by atoms with Crippen LogP contribution < -0.4 is 0 Å². The van der Waals surface area contributed by atoms with Crippen molar-refractivity contribution in [1.82, 2.24) is 0 Å². The Hall–Kier alpha value is -0.150. The number of halogens is 3. The van der Waals surface area contributed by atoms with Gasteiger partial charge in [0.25, 0.3) is 0 Å². The highest BCUT2D eigenvalue weighted by Gasteiger charge is 2.01. The highest BCUT2D eigenvalue weighted by atomic mass is 79.9. The first-order chi connectivity index (χ1) is 7.65. The number of rotatable bonds is 2. The smallest absolute Gasteiger partial charge is 0.0548 e. The zero-order chi connectivity index (χ0) is 11.5. The first-order valence-corrected chi connectivity index (χ1v) is 6.90. The third-order valence-electron chi connectivity index (χ3n) is 1.94. The third kappa shape index (κ3) is 3.17. The van der Waals surface area contributed by atoms with Gasteiger partial charge in [-0.15, -0.1) is 0 Å². The summed E-state index contributed by atoms with van der Waals surface area (Å²) in [5.41, 5.74) is 0. The molecule has 0 aromatic heterocycles. The van der Waals surface area contributed by atoms with Crippen molar-refractivity contribution in [2.45, 2.75) is 9.79 Å². The molecule has 2 aromatic carbocycles. The Morgan fingerprint density at radius 1 is 0.875 bits per heavy atom. The molecule has 0 amide bonds. The summed E-state index contributed by atoms with van der Waals surface area (Å²) in [6.07, 6.45) is 0. The molecule has 0 bridgehead atoms. The number of hydrogen-bond donors (Lipinski definition) is 0. The summed E-state index contributed by atoms with van der Waals surface area (Å²) >= 11 is 16.8. The SMILES string of the molecule is Clc1ccc(Sc2ccc(Cl)c(Br)c2)cc1. The van der Waals surface area contributed by atoms with Gasteiger partial charge >= 0.3 is 0 Å². The molecule has 2 rings (SSSR count). The van der Waals surface area contributed by atoms with Gasteiger partial charge in [0.05, 0.1) is 5.02 Å². The first kappa shape index (κ1) is 12.3. The second-order valence-corrected chi connectivity index (χ2v) is 5.98. The van der Waals surface area contributed by atoms with E-state index in [-0.39, 0.29) is 0 Å². The van der Waals surface area contributed by atoms with Gasteiger partial charge in [0.15, 0.2) is 0 Å². The van der Waals surface area contributed by atoms with Crippen molar-refractivity contribution in [1.29, 1.82) is 0 Å². The molecule has 0 aliphatic heterocycles. The Bertz CT molecular complexity index is 497. The largest absolute Gasteiger partial charge is 0.0901 e. The van der Waals surface area contributed by atoms with E-state index < -0.39 is 0 Å². The van der Waals surface area contributed by atoms with Crippen LogP contribution in [0.4, 0.5) is 0 Å². The maximum absolute atomic E-state index is 5.93. The maximum atomic E-state index is 5.93. The zero-order valence-corrected chi connectivity index (χ0v) is 12.0. The normalized spacial score (nSPS) is 10.4. The summed E-state index contributed by atoms with van der Waals surface area (Å²) in [4.78, 5) is 2.29. The number of hydrogen-bond acceptors (Lipinski definition) is 1. The molecular weight excluding hydrogens is 327 g/mol. The van der Waals surface area contributed by atoms with Gasteiger partial charge in [0.1, 0.15) is 0 Å². The minimum absolute atomic E-state index is 0.723. The summed E-state index contributed by atoms with van der Waals surface area (Å²) in [6.45, 7) is 0. The standard InChI is InChI=1S/C12H7BrCl2S/c13-11-7-10(5-6-12(11)15)16-9-3-1-8(14)2-4-9/h1-7H. The van der Waals surface area contributed by atoms with Crippen LogP contribution in [0, 0.1) is 0 Å². The minimum atomic E-state index is 0.723. The molecule has 0 radical (unpaired) electrons. The van der Waals surface area contributed by atoms with Gasteiger partial charge < -0.3 is 0 Å². The molecule has 0 saturated carbocycles. The molecule has 0 spiro atoms. The predicted molar refractivity (Wildman–Crippen MR) is 74.7 cm³/mol. The summed E-state index contributed by atoms with van der Waals surface area (Å²) in [5.74, 6) is 0. The lowest BCUT2D eigenvalue weighted by Crippen LogP contribution is -1.75. The molecule has 0 fully saturated rings. The van der Waals surface area contributed by atoms with E-state index in [2.05, 4.69) is 15.9 Å². The van der Waals surface area contributed by atoms with E-state index in [9.17, 15) is 0 Å². The molecule has 4 heteroatoms. The van der Waals surface area contributed by atoms with E-state index in [1.165, 1.54) is 0 Å². The van der Waals surface area contributed by atoms with Crippen molar-refractivity contribution in [3.63, 3.8) is 0 Å². The quantitative estimate of drug-likeness (QED) is 0.658. The Morgan fingerprint density at radius 2 is 1.50 bits per heavy atom. The fourth-order valence-electron chi connectivity index (χ4n) is 1.18. The summed E-state index contributed by atoms with van der Waals surface area (Å²) in [7, 11) is 0. The molecule has 0 saturated heterocycles. The lowest BCUT2D eigenvalue weighted by Gasteiger charge is -2.03. The van der Waals surface area contributed by atoms with Gasteiger partial charge in [-0.1, -0.05) is 35.0 Å². The molecule has 0 aliphatic rings. The van der Waals surface area contributed by atoms with Crippen molar-refractivity contribution in [2.24, 2.45) is 0 Å². The second kappa shape index (κ2) is 5.46. The van der Waals surface area contributed by atoms with Crippen LogP contribution in [0.5, 0.6) is 0 Å². The predicted octanol–water partition coefficient (Wildman–Crippen LogP) is 5.91. The van der Waals surface area contributed by atoms with E-state index in [0.29, 0.717) is 0 Å². The second-order valence-electron chi connectivity index (χ2n) is 3.13. The van der Waals surface area contributed by atoms with Crippen LogP contribution in [0.2, 0.25) is 10.0 Å². The monoisotopic (exact) mass is 332 g/mol. The Labute approximate surface area is 117 Å². The molecule has 16 heavy (non-hydrogen) atoms. The lowest BCUT2D eigenvalue weighted by atomic mass is 10.4.